The number of ether oxygens (including phenoxy) is 2. The number of aliphatic carboxylic acids is 1. The van der Waals surface area contributed by atoms with Crippen LogP contribution in [-0.2, 0) is 25.7 Å². The number of likely N-dealkylation sites (tertiary alicyclic amines) is 1. The summed E-state index contributed by atoms with van der Waals surface area (Å²) in [5.74, 6) is -2.53. The van der Waals surface area contributed by atoms with E-state index < -0.39 is 12.1 Å². The predicted molar refractivity (Wildman–Crippen MR) is 112 cm³/mol. The summed E-state index contributed by atoms with van der Waals surface area (Å²) >= 11 is 0. The zero-order chi connectivity index (χ0) is 23.9. The van der Waals surface area contributed by atoms with Crippen molar-refractivity contribution in [1.29, 1.82) is 0 Å². The third-order valence-electron chi connectivity index (χ3n) is 6.02. The standard InChI is InChI=1S/C21H28N2O3.C2HF3O2/c24-20(18-7-2-1-3-8-18)23-11-5-9-21(16-23)12-19(15-26-21)25-14-17-6-4-10-22-13-17;3-2(4,5)1(6)7/h4,6-7,10,13,19H,1-3,5,8-9,11-12,14-16H2;(H,6,7)/t19-,21+;/m1./s1. The molecule has 182 valence electrons. The molecule has 2 saturated heterocycles. The zero-order valence-corrected chi connectivity index (χ0v) is 18.4. The molecule has 0 unspecified atom stereocenters. The maximum Gasteiger partial charge on any atom is 0.490 e. The number of amides is 1. The van der Waals surface area contributed by atoms with Crippen molar-refractivity contribution in [3.05, 3.63) is 41.7 Å². The highest BCUT2D eigenvalue weighted by atomic mass is 19.4. The average Bonchev–Trinajstić information content (AvgIpc) is 3.20. The fourth-order valence-electron chi connectivity index (χ4n) is 4.40. The van der Waals surface area contributed by atoms with Gasteiger partial charge in [-0.1, -0.05) is 12.1 Å². The molecule has 0 radical (unpaired) electrons. The van der Waals surface area contributed by atoms with E-state index in [0.29, 0.717) is 19.8 Å². The van der Waals surface area contributed by atoms with Crippen molar-refractivity contribution in [1.82, 2.24) is 9.88 Å². The summed E-state index contributed by atoms with van der Waals surface area (Å²) in [6.45, 7) is 2.73. The molecule has 1 aliphatic carbocycles. The van der Waals surface area contributed by atoms with Crippen molar-refractivity contribution in [2.75, 3.05) is 19.7 Å². The molecule has 2 fully saturated rings. The van der Waals surface area contributed by atoms with Crippen LogP contribution in [0.15, 0.2) is 36.2 Å². The van der Waals surface area contributed by atoms with Crippen LogP contribution in [0.3, 0.4) is 0 Å². The number of rotatable bonds is 4. The van der Waals surface area contributed by atoms with E-state index in [9.17, 15) is 18.0 Å². The highest BCUT2D eigenvalue weighted by molar-refractivity contribution is 5.93. The van der Waals surface area contributed by atoms with E-state index >= 15 is 0 Å². The van der Waals surface area contributed by atoms with Gasteiger partial charge in [-0.25, -0.2) is 4.79 Å². The van der Waals surface area contributed by atoms with Gasteiger partial charge in [0.25, 0.3) is 0 Å². The second-order valence-corrected chi connectivity index (χ2v) is 8.60. The van der Waals surface area contributed by atoms with Gasteiger partial charge in [-0.3, -0.25) is 9.78 Å². The first-order chi connectivity index (χ1) is 15.7. The van der Waals surface area contributed by atoms with Crippen molar-refractivity contribution >= 4 is 11.9 Å². The number of carbonyl (C=O) groups is 2. The Labute approximate surface area is 190 Å². The molecule has 7 nitrogen and oxygen atoms in total. The fraction of sp³-hybridized carbons (Fsp3) is 0.609. The van der Waals surface area contributed by atoms with Gasteiger partial charge < -0.3 is 19.5 Å². The number of nitrogens with zero attached hydrogens (tertiary/aromatic N) is 2. The lowest BCUT2D eigenvalue weighted by Crippen LogP contribution is -2.50. The molecule has 10 heteroatoms. The van der Waals surface area contributed by atoms with Crippen LogP contribution in [0, 0.1) is 0 Å². The second kappa shape index (κ2) is 11.1. The number of hydrogen-bond acceptors (Lipinski definition) is 5. The van der Waals surface area contributed by atoms with Crippen LogP contribution < -0.4 is 0 Å². The quantitative estimate of drug-likeness (QED) is 0.719. The zero-order valence-electron chi connectivity index (χ0n) is 18.4. The molecule has 0 aromatic carbocycles. The predicted octanol–water partition coefficient (Wildman–Crippen LogP) is 3.88. The van der Waals surface area contributed by atoms with E-state index in [1.165, 1.54) is 6.42 Å². The first-order valence-corrected chi connectivity index (χ1v) is 11.1. The van der Waals surface area contributed by atoms with E-state index in [-0.39, 0.29) is 17.6 Å². The highest BCUT2D eigenvalue weighted by Crippen LogP contribution is 2.37. The Hall–Kier alpha value is -2.46. The Balaban J connectivity index is 0.000000383. The van der Waals surface area contributed by atoms with Crippen LogP contribution >= 0.6 is 0 Å². The maximum absolute atomic E-state index is 12.8. The van der Waals surface area contributed by atoms with E-state index in [1.807, 2.05) is 23.2 Å². The van der Waals surface area contributed by atoms with E-state index in [2.05, 4.69) is 11.1 Å². The van der Waals surface area contributed by atoms with Gasteiger partial charge in [0.15, 0.2) is 0 Å². The van der Waals surface area contributed by atoms with Gasteiger partial charge in [-0.15, -0.1) is 0 Å². The molecule has 33 heavy (non-hydrogen) atoms. The molecular formula is C23H29F3N2O5. The molecule has 3 heterocycles. The van der Waals surface area contributed by atoms with Gasteiger partial charge in [0.05, 0.1) is 31.5 Å². The molecule has 3 aliphatic rings. The molecule has 0 saturated carbocycles. The summed E-state index contributed by atoms with van der Waals surface area (Å²) in [6.07, 6.45) is 7.98. The van der Waals surface area contributed by atoms with E-state index in [4.69, 9.17) is 19.4 Å². The summed E-state index contributed by atoms with van der Waals surface area (Å²) in [4.78, 5) is 27.9. The third kappa shape index (κ3) is 7.26. The van der Waals surface area contributed by atoms with E-state index in [1.54, 1.807) is 6.20 Å². The van der Waals surface area contributed by atoms with Gasteiger partial charge in [0.1, 0.15) is 0 Å². The van der Waals surface area contributed by atoms with Crippen LogP contribution in [0.25, 0.3) is 0 Å². The van der Waals surface area contributed by atoms with Gasteiger partial charge >= 0.3 is 12.1 Å². The maximum atomic E-state index is 12.8. The van der Waals surface area contributed by atoms with Crippen LogP contribution in [0.4, 0.5) is 13.2 Å². The molecule has 1 spiro atoms. The molecule has 1 aromatic rings. The van der Waals surface area contributed by atoms with Gasteiger partial charge in [-0.05, 0) is 50.2 Å². The van der Waals surface area contributed by atoms with Crippen molar-refractivity contribution in [2.24, 2.45) is 0 Å². The third-order valence-corrected chi connectivity index (χ3v) is 6.02. The Morgan fingerprint density at radius 3 is 2.73 bits per heavy atom. The summed E-state index contributed by atoms with van der Waals surface area (Å²) in [5.41, 5.74) is 1.87. The minimum Gasteiger partial charge on any atom is -0.475 e. The number of hydrogen-bond donors (Lipinski definition) is 1. The largest absolute Gasteiger partial charge is 0.490 e. The monoisotopic (exact) mass is 470 g/mol. The van der Waals surface area contributed by atoms with Crippen molar-refractivity contribution in [2.45, 2.75) is 69.4 Å². The number of carbonyl (C=O) groups excluding carboxylic acids is 1. The minimum atomic E-state index is -5.08. The Morgan fingerprint density at radius 1 is 1.30 bits per heavy atom. The minimum absolute atomic E-state index is 0.0964. The molecule has 1 N–H and O–H groups in total. The number of aromatic nitrogens is 1. The van der Waals surface area contributed by atoms with E-state index in [0.717, 1.165) is 56.2 Å². The number of piperidine rings is 1. The van der Waals surface area contributed by atoms with Gasteiger partial charge in [0, 0.05) is 30.9 Å². The highest BCUT2D eigenvalue weighted by Gasteiger charge is 2.45. The second-order valence-electron chi connectivity index (χ2n) is 8.60. The summed E-state index contributed by atoms with van der Waals surface area (Å²) in [5, 5.41) is 7.12. The van der Waals surface area contributed by atoms with Gasteiger partial charge in [-0.2, -0.15) is 13.2 Å². The first-order valence-electron chi connectivity index (χ1n) is 11.1. The van der Waals surface area contributed by atoms with Crippen LogP contribution in [-0.4, -0.2) is 64.4 Å². The van der Waals surface area contributed by atoms with Gasteiger partial charge in [0.2, 0.25) is 5.91 Å². The van der Waals surface area contributed by atoms with Crippen LogP contribution in [0.2, 0.25) is 0 Å². The van der Waals surface area contributed by atoms with Crippen LogP contribution in [0.1, 0.15) is 50.5 Å². The summed E-state index contributed by atoms with van der Waals surface area (Å²) in [6, 6.07) is 3.95. The number of allylic oxidation sites excluding steroid dienone is 1. The summed E-state index contributed by atoms with van der Waals surface area (Å²) < 4.78 is 44.0. The summed E-state index contributed by atoms with van der Waals surface area (Å²) in [7, 11) is 0. The Kier molecular flexibility index (Phi) is 8.47. The number of pyridine rings is 1. The molecule has 0 bridgehead atoms. The Morgan fingerprint density at radius 2 is 2.09 bits per heavy atom. The molecule has 2 aliphatic heterocycles. The van der Waals surface area contributed by atoms with Crippen LogP contribution in [0.5, 0.6) is 0 Å². The normalized spacial score (nSPS) is 25.2. The number of carboxylic acids is 1. The number of carboxylic acid groups (broad SMARTS) is 1. The molecule has 2 atom stereocenters. The SMILES string of the molecule is O=C(C1=CCCCC1)N1CCC[C@]2(C[C@@H](OCc3cccnc3)CO2)C1.O=C(O)C(F)(F)F. The average molecular weight is 470 g/mol. The topological polar surface area (TPSA) is 89.0 Å². The fourth-order valence-corrected chi connectivity index (χ4v) is 4.40. The lowest BCUT2D eigenvalue weighted by atomic mass is 9.88. The molecule has 1 amide bonds. The number of alkyl halides is 3. The lowest BCUT2D eigenvalue weighted by molar-refractivity contribution is -0.192. The first kappa shape index (κ1) is 25.2. The van der Waals surface area contributed by atoms with Crippen molar-refractivity contribution in [3.63, 3.8) is 0 Å². The lowest BCUT2D eigenvalue weighted by Gasteiger charge is -2.40. The smallest absolute Gasteiger partial charge is 0.475 e. The van der Waals surface area contributed by atoms with Crippen molar-refractivity contribution < 1.29 is 37.3 Å². The molecule has 1 aromatic heterocycles. The Bertz CT molecular complexity index is 846. The van der Waals surface area contributed by atoms with Crippen molar-refractivity contribution in [3.8, 4) is 0 Å². The molecule has 4 rings (SSSR count). The number of halogens is 3. The molecular weight excluding hydrogens is 441 g/mol.